The van der Waals surface area contributed by atoms with Crippen molar-refractivity contribution in [3.05, 3.63) is 36.3 Å². The molecule has 1 fully saturated rings. The molecular formula is C18H25FN6. The first kappa shape index (κ1) is 17.4. The normalized spacial score (nSPS) is 14.7. The quantitative estimate of drug-likeness (QED) is 0.803. The first-order valence-corrected chi connectivity index (χ1v) is 8.83. The zero-order chi connectivity index (χ0) is 17.6. The minimum absolute atomic E-state index is 0.203. The lowest BCUT2D eigenvalue weighted by atomic mass is 10.2. The molecule has 0 atom stereocenters. The highest BCUT2D eigenvalue weighted by Gasteiger charge is 2.20. The maximum absolute atomic E-state index is 13.1. The molecule has 1 aliphatic heterocycles. The summed E-state index contributed by atoms with van der Waals surface area (Å²) in [6.45, 7) is 6.49. The van der Waals surface area contributed by atoms with E-state index in [1.807, 2.05) is 19.2 Å². The van der Waals surface area contributed by atoms with Crippen LogP contribution in [0.4, 0.5) is 21.8 Å². The molecule has 0 unspecified atom stereocenters. The number of hydrogen-bond donors (Lipinski definition) is 0. The highest BCUT2D eigenvalue weighted by molar-refractivity contribution is 5.49. The smallest absolute Gasteiger partial charge is 0.247 e. The van der Waals surface area contributed by atoms with Gasteiger partial charge in [0.2, 0.25) is 5.95 Å². The zero-order valence-corrected chi connectivity index (χ0v) is 14.9. The van der Waals surface area contributed by atoms with Gasteiger partial charge in [0.25, 0.3) is 0 Å². The number of unbranched alkanes of at least 4 members (excludes halogenated alkanes) is 1. The van der Waals surface area contributed by atoms with E-state index in [1.54, 1.807) is 6.20 Å². The molecule has 1 aromatic heterocycles. The average Bonchev–Trinajstić information content (AvgIpc) is 2.67. The molecule has 0 bridgehead atoms. The van der Waals surface area contributed by atoms with Gasteiger partial charge in [-0.05, 0) is 30.7 Å². The number of rotatable bonds is 6. The second-order valence-corrected chi connectivity index (χ2v) is 6.34. The van der Waals surface area contributed by atoms with Gasteiger partial charge in [0.1, 0.15) is 5.82 Å². The monoisotopic (exact) mass is 344 g/mol. The molecule has 0 radical (unpaired) electrons. The third kappa shape index (κ3) is 4.35. The summed E-state index contributed by atoms with van der Waals surface area (Å²) in [5.41, 5.74) is 1.05. The van der Waals surface area contributed by atoms with E-state index in [9.17, 15) is 4.39 Å². The summed E-state index contributed by atoms with van der Waals surface area (Å²) < 4.78 is 13.1. The molecule has 2 aromatic rings. The highest BCUT2D eigenvalue weighted by atomic mass is 19.1. The topological polar surface area (TPSA) is 48.4 Å². The third-order valence-electron chi connectivity index (χ3n) is 4.53. The van der Waals surface area contributed by atoms with Crippen LogP contribution in [0.2, 0.25) is 0 Å². The van der Waals surface area contributed by atoms with Gasteiger partial charge in [-0.1, -0.05) is 13.3 Å². The molecule has 2 heterocycles. The van der Waals surface area contributed by atoms with Gasteiger partial charge in [0, 0.05) is 45.5 Å². The maximum atomic E-state index is 13.1. The van der Waals surface area contributed by atoms with Crippen LogP contribution in [-0.2, 0) is 0 Å². The minimum atomic E-state index is -0.203. The molecule has 0 amide bonds. The Hall–Kier alpha value is -2.44. The van der Waals surface area contributed by atoms with Crippen molar-refractivity contribution >= 4 is 17.5 Å². The van der Waals surface area contributed by atoms with Crippen LogP contribution in [0, 0.1) is 5.82 Å². The Labute approximate surface area is 148 Å². The van der Waals surface area contributed by atoms with Crippen LogP contribution in [0.5, 0.6) is 0 Å². The largest absolute Gasteiger partial charge is 0.368 e. The van der Waals surface area contributed by atoms with E-state index >= 15 is 0 Å². The Balaban J connectivity index is 1.61. The molecule has 0 saturated carbocycles. The van der Waals surface area contributed by atoms with Gasteiger partial charge in [-0.25, -0.2) is 4.39 Å². The molecule has 0 aliphatic carbocycles. The van der Waals surface area contributed by atoms with Crippen molar-refractivity contribution in [1.82, 2.24) is 15.2 Å². The second kappa shape index (κ2) is 8.09. The Morgan fingerprint density at radius 1 is 1.08 bits per heavy atom. The van der Waals surface area contributed by atoms with Crippen LogP contribution in [-0.4, -0.2) is 55.0 Å². The van der Waals surface area contributed by atoms with Crippen molar-refractivity contribution in [3.63, 3.8) is 0 Å². The summed E-state index contributed by atoms with van der Waals surface area (Å²) in [6.07, 6.45) is 4.00. The second-order valence-electron chi connectivity index (χ2n) is 6.34. The SMILES string of the molecule is CCCCN(C)c1cnnc(N2CCN(c3ccc(F)cc3)CC2)n1. The number of halogens is 1. The lowest BCUT2D eigenvalue weighted by molar-refractivity contribution is 0.621. The molecule has 1 saturated heterocycles. The van der Waals surface area contributed by atoms with E-state index in [-0.39, 0.29) is 5.82 Å². The molecule has 7 heteroatoms. The van der Waals surface area contributed by atoms with E-state index in [2.05, 4.69) is 36.8 Å². The number of hydrogen-bond acceptors (Lipinski definition) is 6. The summed E-state index contributed by atoms with van der Waals surface area (Å²) in [6, 6.07) is 6.66. The molecule has 6 nitrogen and oxygen atoms in total. The van der Waals surface area contributed by atoms with E-state index in [4.69, 9.17) is 0 Å². The Morgan fingerprint density at radius 2 is 1.76 bits per heavy atom. The van der Waals surface area contributed by atoms with Crippen LogP contribution in [0.15, 0.2) is 30.5 Å². The predicted molar refractivity (Wildman–Crippen MR) is 98.8 cm³/mol. The van der Waals surface area contributed by atoms with Crippen LogP contribution in [0.3, 0.4) is 0 Å². The standard InChI is InChI=1S/C18H25FN6/c1-3-4-9-23(2)17-14-20-22-18(21-17)25-12-10-24(11-13-25)16-7-5-15(19)6-8-16/h5-8,14H,3-4,9-13H2,1-2H3. The van der Waals surface area contributed by atoms with Gasteiger partial charge in [-0.2, -0.15) is 10.1 Å². The Morgan fingerprint density at radius 3 is 2.44 bits per heavy atom. The minimum Gasteiger partial charge on any atom is -0.368 e. The van der Waals surface area contributed by atoms with Gasteiger partial charge >= 0.3 is 0 Å². The summed E-state index contributed by atoms with van der Waals surface area (Å²) in [4.78, 5) is 11.2. The van der Waals surface area contributed by atoms with Gasteiger partial charge in [0.05, 0.1) is 6.20 Å². The summed E-state index contributed by atoms with van der Waals surface area (Å²) >= 11 is 0. The zero-order valence-electron chi connectivity index (χ0n) is 14.9. The predicted octanol–water partition coefficient (Wildman–Crippen LogP) is 2.57. The van der Waals surface area contributed by atoms with Crippen LogP contribution >= 0.6 is 0 Å². The van der Waals surface area contributed by atoms with Gasteiger partial charge < -0.3 is 14.7 Å². The Bertz CT molecular complexity index is 670. The number of aromatic nitrogens is 3. The fourth-order valence-corrected chi connectivity index (χ4v) is 2.93. The van der Waals surface area contributed by atoms with Crippen molar-refractivity contribution < 1.29 is 4.39 Å². The highest BCUT2D eigenvalue weighted by Crippen LogP contribution is 2.19. The van der Waals surface area contributed by atoms with E-state index in [0.717, 1.165) is 57.1 Å². The average molecular weight is 344 g/mol. The van der Waals surface area contributed by atoms with E-state index in [1.165, 1.54) is 12.1 Å². The van der Waals surface area contributed by atoms with Crippen molar-refractivity contribution in [2.45, 2.75) is 19.8 Å². The summed E-state index contributed by atoms with van der Waals surface area (Å²) in [7, 11) is 2.04. The fourth-order valence-electron chi connectivity index (χ4n) is 2.93. The number of benzene rings is 1. The molecule has 0 N–H and O–H groups in total. The lowest BCUT2D eigenvalue weighted by Gasteiger charge is -2.36. The Kier molecular flexibility index (Phi) is 5.63. The van der Waals surface area contributed by atoms with Crippen molar-refractivity contribution in [2.24, 2.45) is 0 Å². The fraction of sp³-hybridized carbons (Fsp3) is 0.500. The van der Waals surface area contributed by atoms with Crippen LogP contribution < -0.4 is 14.7 Å². The molecule has 25 heavy (non-hydrogen) atoms. The molecule has 1 aromatic carbocycles. The molecule has 3 rings (SSSR count). The summed E-state index contributed by atoms with van der Waals surface area (Å²) in [5.74, 6) is 1.34. The first-order chi connectivity index (χ1) is 12.2. The van der Waals surface area contributed by atoms with Gasteiger partial charge in [-0.15, -0.1) is 5.10 Å². The van der Waals surface area contributed by atoms with Gasteiger partial charge in [-0.3, -0.25) is 0 Å². The molecule has 134 valence electrons. The number of nitrogens with zero attached hydrogens (tertiary/aromatic N) is 6. The first-order valence-electron chi connectivity index (χ1n) is 8.83. The lowest BCUT2D eigenvalue weighted by Crippen LogP contribution is -2.47. The number of piperazine rings is 1. The van der Waals surface area contributed by atoms with Crippen molar-refractivity contribution in [2.75, 3.05) is 54.5 Å². The summed E-state index contributed by atoms with van der Waals surface area (Å²) in [5, 5.41) is 8.33. The third-order valence-corrected chi connectivity index (χ3v) is 4.53. The molecular weight excluding hydrogens is 319 g/mol. The number of anilines is 3. The van der Waals surface area contributed by atoms with Crippen LogP contribution in [0.1, 0.15) is 19.8 Å². The van der Waals surface area contributed by atoms with E-state index in [0.29, 0.717) is 5.95 Å². The van der Waals surface area contributed by atoms with Crippen molar-refractivity contribution in [3.8, 4) is 0 Å². The molecule has 1 aliphatic rings. The van der Waals surface area contributed by atoms with E-state index < -0.39 is 0 Å². The molecule has 0 spiro atoms. The maximum Gasteiger partial charge on any atom is 0.247 e. The van der Waals surface area contributed by atoms with Gasteiger partial charge in [0.15, 0.2) is 5.82 Å². The van der Waals surface area contributed by atoms with Crippen molar-refractivity contribution in [1.29, 1.82) is 0 Å². The van der Waals surface area contributed by atoms with Crippen LogP contribution in [0.25, 0.3) is 0 Å².